The minimum absolute atomic E-state index is 0.112. The van der Waals surface area contributed by atoms with Crippen molar-refractivity contribution in [2.75, 3.05) is 0 Å². The van der Waals surface area contributed by atoms with Crippen LogP contribution in [0.25, 0.3) is 0 Å². The minimum atomic E-state index is -3.34. The molecule has 156 valence electrons. The smallest absolute Gasteiger partial charge is 0.426 e. The fraction of sp³-hybridized carbons (Fsp3) is 0.462. The summed E-state index contributed by atoms with van der Waals surface area (Å²) in [6, 6.07) is 13.7. The molecule has 0 unspecified atom stereocenters. The first-order valence-corrected chi connectivity index (χ1v) is 10.9. The number of benzene rings is 2. The van der Waals surface area contributed by atoms with Gasteiger partial charge in [-0.15, -0.1) is 6.58 Å². The summed E-state index contributed by atoms with van der Waals surface area (Å²) in [5.74, 6) is 1.53. The molecular weight excluding hydrogens is 366 g/mol. The molecule has 1 aliphatic rings. The number of allylic oxidation sites excluding steroid dienone is 1. The maximum atomic E-state index is 14.5. The van der Waals surface area contributed by atoms with Crippen LogP contribution in [0, 0.1) is 5.92 Å². The molecule has 0 spiro atoms. The summed E-state index contributed by atoms with van der Waals surface area (Å²) in [4.78, 5) is 0. The Hall–Kier alpha value is -2.16. The second kappa shape index (κ2) is 10.0. The summed E-state index contributed by atoms with van der Waals surface area (Å²) in [6.45, 7) is 5.88. The Bertz CT molecular complexity index is 756. The Balaban J connectivity index is 1.58. The van der Waals surface area contributed by atoms with Gasteiger partial charge in [-0.2, -0.15) is 8.78 Å². The lowest BCUT2D eigenvalue weighted by atomic mass is 9.77. The van der Waals surface area contributed by atoms with E-state index >= 15 is 0 Å². The summed E-state index contributed by atoms with van der Waals surface area (Å²) < 4.78 is 34.1. The molecule has 0 saturated heterocycles. The van der Waals surface area contributed by atoms with E-state index in [4.69, 9.17) is 4.74 Å². The maximum absolute atomic E-state index is 14.5. The van der Waals surface area contributed by atoms with Crippen molar-refractivity contribution in [3.05, 3.63) is 77.9 Å². The Morgan fingerprint density at radius 2 is 1.66 bits per heavy atom. The maximum Gasteiger partial charge on any atom is 0.426 e. The summed E-state index contributed by atoms with van der Waals surface area (Å²) in [5.41, 5.74) is 2.18. The number of hydrogen-bond donors (Lipinski definition) is 0. The van der Waals surface area contributed by atoms with Crippen molar-refractivity contribution in [2.45, 2.75) is 70.3 Å². The van der Waals surface area contributed by atoms with Crippen LogP contribution in [0.5, 0.6) is 5.75 Å². The molecule has 2 aromatic carbocycles. The number of hydrogen-bond acceptors (Lipinski definition) is 1. The van der Waals surface area contributed by atoms with E-state index in [-0.39, 0.29) is 11.3 Å². The summed E-state index contributed by atoms with van der Waals surface area (Å²) in [7, 11) is 0. The van der Waals surface area contributed by atoms with Gasteiger partial charge >= 0.3 is 6.11 Å². The van der Waals surface area contributed by atoms with E-state index in [1.54, 1.807) is 24.3 Å². The van der Waals surface area contributed by atoms with Crippen molar-refractivity contribution in [2.24, 2.45) is 5.92 Å². The van der Waals surface area contributed by atoms with E-state index in [0.717, 1.165) is 30.7 Å². The molecule has 0 bridgehead atoms. The lowest BCUT2D eigenvalue weighted by molar-refractivity contribution is -0.185. The van der Waals surface area contributed by atoms with Gasteiger partial charge in [0.1, 0.15) is 5.75 Å². The molecular formula is C26H32F2O. The van der Waals surface area contributed by atoms with Crippen LogP contribution < -0.4 is 4.74 Å². The van der Waals surface area contributed by atoms with Crippen LogP contribution in [-0.4, -0.2) is 0 Å². The first-order chi connectivity index (χ1) is 14.0. The summed E-state index contributed by atoms with van der Waals surface area (Å²) >= 11 is 0. The van der Waals surface area contributed by atoms with Gasteiger partial charge < -0.3 is 4.74 Å². The zero-order valence-corrected chi connectivity index (χ0v) is 17.4. The first-order valence-electron chi connectivity index (χ1n) is 10.9. The molecule has 0 radical (unpaired) electrons. The molecule has 0 aromatic heterocycles. The van der Waals surface area contributed by atoms with Crippen LogP contribution in [0.4, 0.5) is 8.78 Å². The zero-order chi connectivity index (χ0) is 20.7. The predicted molar refractivity (Wildman–Crippen MR) is 116 cm³/mol. The normalized spacial score (nSPS) is 19.7. The van der Waals surface area contributed by atoms with E-state index in [1.165, 1.54) is 49.8 Å². The van der Waals surface area contributed by atoms with Gasteiger partial charge in [0.25, 0.3) is 0 Å². The average molecular weight is 399 g/mol. The highest BCUT2D eigenvalue weighted by atomic mass is 19.3. The second-order valence-corrected chi connectivity index (χ2v) is 8.22. The van der Waals surface area contributed by atoms with Crippen LogP contribution in [0.2, 0.25) is 0 Å². The SMILES string of the molecule is C=CCCC1CCC(c2ccc(OC(F)(F)c3ccc(CCC)cc3)cc2)CC1. The van der Waals surface area contributed by atoms with Gasteiger partial charge in [0, 0.05) is 0 Å². The van der Waals surface area contributed by atoms with Crippen LogP contribution in [0.3, 0.4) is 0 Å². The lowest BCUT2D eigenvalue weighted by Crippen LogP contribution is -2.21. The Kier molecular flexibility index (Phi) is 7.46. The van der Waals surface area contributed by atoms with Crippen LogP contribution in [0.15, 0.2) is 61.2 Å². The molecule has 3 rings (SSSR count). The van der Waals surface area contributed by atoms with Crippen molar-refractivity contribution < 1.29 is 13.5 Å². The fourth-order valence-corrected chi connectivity index (χ4v) is 4.31. The highest BCUT2D eigenvalue weighted by Gasteiger charge is 2.34. The van der Waals surface area contributed by atoms with Gasteiger partial charge in [0.2, 0.25) is 0 Å². The number of halogens is 2. The average Bonchev–Trinajstić information content (AvgIpc) is 2.74. The third-order valence-electron chi connectivity index (χ3n) is 6.05. The third kappa shape index (κ3) is 5.91. The summed E-state index contributed by atoms with van der Waals surface area (Å²) in [5, 5.41) is 0. The van der Waals surface area contributed by atoms with Crippen molar-refractivity contribution >= 4 is 0 Å². The minimum Gasteiger partial charge on any atom is -0.429 e. The standard InChI is InChI=1S/C26H32F2O/c1-3-5-7-21-8-12-22(13-9-21)23-14-18-25(19-15-23)29-26(27,28)24-16-10-20(6-4-2)11-17-24/h3,10-11,14-19,21-22H,1,4-9,12-13H2,2H3. The molecule has 0 amide bonds. The zero-order valence-electron chi connectivity index (χ0n) is 17.4. The van der Waals surface area contributed by atoms with Gasteiger partial charge in [-0.3, -0.25) is 0 Å². The van der Waals surface area contributed by atoms with Crippen molar-refractivity contribution in [3.8, 4) is 5.75 Å². The van der Waals surface area contributed by atoms with Crippen molar-refractivity contribution in [1.29, 1.82) is 0 Å². The highest BCUT2D eigenvalue weighted by molar-refractivity contribution is 5.31. The molecule has 1 aliphatic carbocycles. The van der Waals surface area contributed by atoms with E-state index in [1.807, 2.05) is 18.2 Å². The lowest BCUT2D eigenvalue weighted by Gasteiger charge is -2.28. The Morgan fingerprint density at radius 3 is 2.24 bits per heavy atom. The van der Waals surface area contributed by atoms with Crippen LogP contribution >= 0.6 is 0 Å². The molecule has 1 saturated carbocycles. The quantitative estimate of drug-likeness (QED) is 0.389. The second-order valence-electron chi connectivity index (χ2n) is 8.22. The van der Waals surface area contributed by atoms with Gasteiger partial charge in [-0.1, -0.05) is 43.7 Å². The number of rotatable bonds is 9. The van der Waals surface area contributed by atoms with Crippen molar-refractivity contribution in [3.63, 3.8) is 0 Å². The van der Waals surface area contributed by atoms with Crippen molar-refractivity contribution in [1.82, 2.24) is 0 Å². The molecule has 0 N–H and O–H groups in total. The third-order valence-corrected chi connectivity index (χ3v) is 6.05. The molecule has 0 atom stereocenters. The molecule has 0 heterocycles. The molecule has 1 fully saturated rings. The monoisotopic (exact) mass is 398 g/mol. The van der Waals surface area contributed by atoms with Gasteiger partial charge in [0.15, 0.2) is 0 Å². The largest absolute Gasteiger partial charge is 0.429 e. The number of aryl methyl sites for hydroxylation is 1. The van der Waals surface area contributed by atoms with Gasteiger partial charge in [-0.25, -0.2) is 0 Å². The molecule has 0 aliphatic heterocycles. The van der Waals surface area contributed by atoms with E-state index in [9.17, 15) is 8.78 Å². The molecule has 29 heavy (non-hydrogen) atoms. The predicted octanol–water partition coefficient (Wildman–Crippen LogP) is 8.01. The van der Waals surface area contributed by atoms with Crippen LogP contribution in [-0.2, 0) is 12.5 Å². The highest BCUT2D eigenvalue weighted by Crippen LogP contribution is 2.38. The summed E-state index contributed by atoms with van der Waals surface area (Å²) in [6.07, 6.45) is 7.69. The molecule has 2 aromatic rings. The topological polar surface area (TPSA) is 9.23 Å². The molecule has 3 heteroatoms. The van der Waals surface area contributed by atoms with E-state index in [2.05, 4.69) is 13.5 Å². The first kappa shape index (κ1) is 21.5. The Labute approximate surface area is 173 Å². The number of ether oxygens (including phenoxy) is 1. The molecule has 1 nitrogen and oxygen atoms in total. The number of alkyl halides is 2. The van der Waals surface area contributed by atoms with Crippen LogP contribution in [0.1, 0.15) is 74.5 Å². The van der Waals surface area contributed by atoms with Gasteiger partial charge in [-0.05, 0) is 92.2 Å². The fourth-order valence-electron chi connectivity index (χ4n) is 4.31. The van der Waals surface area contributed by atoms with Gasteiger partial charge in [0.05, 0.1) is 5.56 Å². The van der Waals surface area contributed by atoms with E-state index in [0.29, 0.717) is 5.92 Å². The van der Waals surface area contributed by atoms with E-state index < -0.39 is 6.11 Å². The Morgan fingerprint density at radius 1 is 1.00 bits per heavy atom.